The fourth-order valence-electron chi connectivity index (χ4n) is 3.68. The van der Waals surface area contributed by atoms with Crippen LogP contribution >= 0.6 is 27.5 Å². The number of hydrogen-bond donors (Lipinski definition) is 0. The molecule has 4 rings (SSSR count). The number of hydrogen-bond acceptors (Lipinski definition) is 2. The quantitative estimate of drug-likeness (QED) is 0.531. The number of imidazole rings is 1. The Balaban J connectivity index is 1.82. The van der Waals surface area contributed by atoms with Crippen LogP contribution < -0.4 is 4.90 Å². The molecule has 4 nitrogen and oxygen atoms in total. The maximum absolute atomic E-state index is 13.6. The summed E-state index contributed by atoms with van der Waals surface area (Å²) in [6.07, 6.45) is 2.53. The van der Waals surface area contributed by atoms with Gasteiger partial charge >= 0.3 is 0 Å². The Bertz CT molecular complexity index is 1020. The average molecular weight is 445 g/mol. The lowest BCUT2D eigenvalue weighted by atomic mass is 9.92. The zero-order valence-corrected chi connectivity index (χ0v) is 17.7. The zero-order valence-electron chi connectivity index (χ0n) is 15.3. The summed E-state index contributed by atoms with van der Waals surface area (Å²) in [4.78, 5) is 19.9. The van der Waals surface area contributed by atoms with Crippen LogP contribution in [0.25, 0.3) is 0 Å². The van der Waals surface area contributed by atoms with Gasteiger partial charge in [-0.3, -0.25) is 4.79 Å². The van der Waals surface area contributed by atoms with Gasteiger partial charge in [-0.05, 0) is 62.2 Å². The summed E-state index contributed by atoms with van der Waals surface area (Å²) < 4.78 is 3.01. The van der Waals surface area contributed by atoms with E-state index in [4.69, 9.17) is 11.6 Å². The van der Waals surface area contributed by atoms with E-state index in [1.54, 1.807) is 4.90 Å². The van der Waals surface area contributed by atoms with Crippen molar-refractivity contribution in [3.8, 4) is 0 Å². The first kappa shape index (κ1) is 18.3. The molecule has 6 heteroatoms. The first-order valence-electron chi connectivity index (χ1n) is 8.70. The minimum atomic E-state index is -0.749. The molecule has 0 spiro atoms. The number of carbonyl (C=O) groups is 1. The summed E-state index contributed by atoms with van der Waals surface area (Å²) in [6.45, 7) is 5.88. The molecular weight excluding hydrogens is 426 g/mol. The van der Waals surface area contributed by atoms with Crippen LogP contribution in [0, 0.1) is 13.8 Å². The number of amides is 1. The van der Waals surface area contributed by atoms with Gasteiger partial charge in [0.2, 0.25) is 5.95 Å². The van der Waals surface area contributed by atoms with Crippen LogP contribution in [0.1, 0.15) is 23.7 Å². The lowest BCUT2D eigenvalue weighted by Gasteiger charge is -2.25. The first-order valence-corrected chi connectivity index (χ1v) is 9.88. The zero-order chi connectivity index (χ0) is 19.3. The van der Waals surface area contributed by atoms with E-state index in [0.717, 1.165) is 27.0 Å². The van der Waals surface area contributed by atoms with Crippen molar-refractivity contribution in [1.82, 2.24) is 9.55 Å². The fraction of sp³-hybridized carbons (Fsp3) is 0.238. The molecular formula is C21H19BrClN3O. The number of aryl methyl sites for hydroxylation is 2. The summed E-state index contributed by atoms with van der Waals surface area (Å²) in [7, 11) is 0. The number of carbonyl (C=O) groups excluding carboxylic acids is 1. The topological polar surface area (TPSA) is 38.1 Å². The van der Waals surface area contributed by atoms with E-state index < -0.39 is 5.54 Å². The lowest BCUT2D eigenvalue weighted by molar-refractivity contribution is -0.123. The molecule has 1 aliphatic rings. The number of halogens is 2. The predicted molar refractivity (Wildman–Crippen MR) is 112 cm³/mol. The van der Waals surface area contributed by atoms with Crippen molar-refractivity contribution in [2.24, 2.45) is 0 Å². The predicted octanol–water partition coefficient (Wildman–Crippen LogP) is 5.55. The summed E-state index contributed by atoms with van der Waals surface area (Å²) >= 11 is 9.72. The Morgan fingerprint density at radius 3 is 2.52 bits per heavy atom. The largest absolute Gasteiger partial charge is 0.301 e. The lowest BCUT2D eigenvalue weighted by Crippen LogP contribution is -2.40. The van der Waals surface area contributed by atoms with E-state index >= 15 is 0 Å². The van der Waals surface area contributed by atoms with Crippen LogP contribution in [-0.2, 0) is 16.8 Å². The van der Waals surface area contributed by atoms with Crippen molar-refractivity contribution in [1.29, 1.82) is 0 Å². The standard InChI is InChI=1S/C21H19BrClN3O/c1-13-8-17(23)10-18(9-13)26-19(27)21(3,25-12-14(2)24-20(25)26)11-15-4-6-16(22)7-5-15/h4-10,12H,11H2,1-3H3. The summed E-state index contributed by atoms with van der Waals surface area (Å²) in [5.74, 6) is 0.633. The fourth-order valence-corrected chi connectivity index (χ4v) is 4.23. The van der Waals surface area contributed by atoms with Crippen LogP contribution in [0.3, 0.4) is 0 Å². The average Bonchev–Trinajstić information content (AvgIpc) is 3.05. The van der Waals surface area contributed by atoms with Crippen molar-refractivity contribution in [2.75, 3.05) is 4.90 Å². The molecule has 3 aromatic rings. The third kappa shape index (κ3) is 3.09. The molecule has 27 heavy (non-hydrogen) atoms. The van der Waals surface area contributed by atoms with Crippen LogP contribution in [0.2, 0.25) is 5.02 Å². The summed E-state index contributed by atoms with van der Waals surface area (Å²) in [5.41, 5.74) is 2.97. The van der Waals surface area contributed by atoms with Crippen molar-refractivity contribution in [3.63, 3.8) is 0 Å². The Morgan fingerprint density at radius 2 is 1.85 bits per heavy atom. The smallest absolute Gasteiger partial charge is 0.260 e. The third-order valence-electron chi connectivity index (χ3n) is 4.95. The SMILES string of the molecule is Cc1cc(Cl)cc(N2C(=O)C(C)(Cc3ccc(Br)cc3)n3cc(C)nc32)c1. The van der Waals surface area contributed by atoms with E-state index in [0.29, 0.717) is 17.4 Å². The normalized spacial score (nSPS) is 18.9. The summed E-state index contributed by atoms with van der Waals surface area (Å²) in [6, 6.07) is 13.7. The van der Waals surface area contributed by atoms with Crippen molar-refractivity contribution < 1.29 is 4.79 Å². The van der Waals surface area contributed by atoms with Gasteiger partial charge in [-0.2, -0.15) is 0 Å². The van der Waals surface area contributed by atoms with Gasteiger partial charge in [0.05, 0.1) is 11.4 Å². The maximum Gasteiger partial charge on any atom is 0.260 e. The number of benzene rings is 2. The monoisotopic (exact) mass is 443 g/mol. The molecule has 138 valence electrons. The van der Waals surface area contributed by atoms with Gasteiger partial charge in [-0.1, -0.05) is 39.7 Å². The van der Waals surface area contributed by atoms with E-state index in [1.807, 2.05) is 74.0 Å². The van der Waals surface area contributed by atoms with Gasteiger partial charge in [0.25, 0.3) is 5.91 Å². The van der Waals surface area contributed by atoms with Crippen LogP contribution in [0.5, 0.6) is 0 Å². The Labute approximate surface area is 171 Å². The second-order valence-corrected chi connectivity index (χ2v) is 8.61. The molecule has 0 saturated heterocycles. The molecule has 0 bridgehead atoms. The summed E-state index contributed by atoms with van der Waals surface area (Å²) in [5, 5.41) is 0.606. The highest BCUT2D eigenvalue weighted by molar-refractivity contribution is 9.10. The second kappa shape index (κ2) is 6.50. The van der Waals surface area contributed by atoms with Crippen LogP contribution in [-0.4, -0.2) is 15.5 Å². The molecule has 0 aliphatic carbocycles. The second-order valence-electron chi connectivity index (χ2n) is 7.26. The molecule has 1 unspecified atom stereocenters. The molecule has 0 radical (unpaired) electrons. The highest BCUT2D eigenvalue weighted by atomic mass is 79.9. The molecule has 0 fully saturated rings. The Morgan fingerprint density at radius 1 is 1.15 bits per heavy atom. The number of rotatable bonds is 3. The molecule has 1 atom stereocenters. The van der Waals surface area contributed by atoms with E-state index in [1.165, 1.54) is 0 Å². The van der Waals surface area contributed by atoms with Crippen molar-refractivity contribution in [3.05, 3.63) is 75.0 Å². The van der Waals surface area contributed by atoms with E-state index in [2.05, 4.69) is 20.9 Å². The molecule has 0 N–H and O–H groups in total. The van der Waals surface area contributed by atoms with Crippen molar-refractivity contribution >= 4 is 45.1 Å². The molecule has 0 saturated carbocycles. The highest BCUT2D eigenvalue weighted by Crippen LogP contribution is 2.42. The minimum Gasteiger partial charge on any atom is -0.301 e. The highest BCUT2D eigenvalue weighted by Gasteiger charge is 2.49. The molecule has 1 aromatic heterocycles. The maximum atomic E-state index is 13.6. The number of anilines is 2. The third-order valence-corrected chi connectivity index (χ3v) is 5.70. The molecule has 2 aromatic carbocycles. The van der Waals surface area contributed by atoms with E-state index in [9.17, 15) is 4.79 Å². The van der Waals surface area contributed by atoms with E-state index in [-0.39, 0.29) is 5.91 Å². The van der Waals surface area contributed by atoms with Gasteiger partial charge in [0.15, 0.2) is 0 Å². The number of aromatic nitrogens is 2. The number of fused-ring (bicyclic) bond motifs is 1. The van der Waals surface area contributed by atoms with Gasteiger partial charge in [0, 0.05) is 22.1 Å². The van der Waals surface area contributed by atoms with Gasteiger partial charge in [-0.15, -0.1) is 0 Å². The molecule has 2 heterocycles. The van der Waals surface area contributed by atoms with Crippen LogP contribution in [0.4, 0.5) is 11.6 Å². The van der Waals surface area contributed by atoms with Crippen LogP contribution in [0.15, 0.2) is 53.1 Å². The molecule has 1 aliphatic heterocycles. The Kier molecular flexibility index (Phi) is 4.40. The van der Waals surface area contributed by atoms with Gasteiger partial charge in [0.1, 0.15) is 5.54 Å². The Hall–Kier alpha value is -2.11. The van der Waals surface area contributed by atoms with Gasteiger partial charge in [-0.25, -0.2) is 9.88 Å². The van der Waals surface area contributed by atoms with Crippen molar-refractivity contribution in [2.45, 2.75) is 32.7 Å². The number of nitrogens with zero attached hydrogens (tertiary/aromatic N) is 3. The molecule has 1 amide bonds. The van der Waals surface area contributed by atoms with Gasteiger partial charge < -0.3 is 4.57 Å². The first-order chi connectivity index (χ1) is 12.8. The minimum absolute atomic E-state index is 0.00501.